The monoisotopic (exact) mass is 383 g/mol. The Morgan fingerprint density at radius 1 is 1.11 bits per heavy atom. The second-order valence-electron chi connectivity index (χ2n) is 7.10. The Morgan fingerprint density at radius 3 is 2.75 bits per heavy atom. The highest BCUT2D eigenvalue weighted by molar-refractivity contribution is 6.02. The van der Waals surface area contributed by atoms with Gasteiger partial charge in [0.1, 0.15) is 0 Å². The van der Waals surface area contributed by atoms with Crippen LogP contribution in [0.15, 0.2) is 36.4 Å². The number of hydrogen-bond donors (Lipinski definition) is 1. The summed E-state index contributed by atoms with van der Waals surface area (Å²) in [5.41, 5.74) is 1.98. The molecule has 0 aliphatic carbocycles. The van der Waals surface area contributed by atoms with Gasteiger partial charge in [0.15, 0.2) is 5.69 Å². The number of nitrogens with one attached hydrogen (secondary N) is 1. The fraction of sp³-hybridized carbons (Fsp3) is 0.450. The van der Waals surface area contributed by atoms with Gasteiger partial charge in [-0.2, -0.15) is 10.2 Å². The molecule has 1 aromatic carbocycles. The minimum atomic E-state index is -0.242. The summed E-state index contributed by atoms with van der Waals surface area (Å²) in [4.78, 5) is 32.4. The van der Waals surface area contributed by atoms with E-state index in [1.165, 1.54) is 0 Å². The number of fused-ring (bicyclic) bond motifs is 1. The van der Waals surface area contributed by atoms with Crippen molar-refractivity contribution in [3.05, 3.63) is 47.8 Å². The third-order valence-electron chi connectivity index (χ3n) is 5.07. The Labute approximate surface area is 164 Å². The number of anilines is 1. The van der Waals surface area contributed by atoms with Crippen LogP contribution in [0.3, 0.4) is 0 Å². The number of nitrogens with zero attached hydrogens (tertiary/aromatic N) is 4. The predicted molar refractivity (Wildman–Crippen MR) is 103 cm³/mol. The molecule has 1 saturated heterocycles. The Kier molecular flexibility index (Phi) is 5.68. The number of carbonyl (C=O) groups is 2. The van der Waals surface area contributed by atoms with Crippen molar-refractivity contribution < 1.29 is 14.4 Å². The van der Waals surface area contributed by atoms with Crippen molar-refractivity contribution in [1.82, 2.24) is 19.7 Å². The minimum Gasteiger partial charge on any atom is -0.335 e. The summed E-state index contributed by atoms with van der Waals surface area (Å²) in [5, 5.41) is 9.13. The lowest BCUT2D eigenvalue weighted by Gasteiger charge is -2.30. The summed E-state index contributed by atoms with van der Waals surface area (Å²) in [7, 11) is 0. The van der Waals surface area contributed by atoms with Crippen LogP contribution in [0.2, 0.25) is 0 Å². The molecule has 0 bridgehead atoms. The van der Waals surface area contributed by atoms with E-state index in [1.54, 1.807) is 6.07 Å². The van der Waals surface area contributed by atoms with Gasteiger partial charge in [-0.3, -0.25) is 19.1 Å². The molecule has 1 N–H and O–H groups in total. The first-order valence-electron chi connectivity index (χ1n) is 9.78. The SMILES string of the molecule is O=C(Nc1ccccc1)c1cc2n(n1)CCN(C(=O)CCN1CCCCO1)C2. The molecule has 3 heterocycles. The van der Waals surface area contributed by atoms with Crippen molar-refractivity contribution in [2.75, 3.05) is 31.6 Å². The van der Waals surface area contributed by atoms with Gasteiger partial charge in [-0.05, 0) is 31.0 Å². The minimum absolute atomic E-state index is 0.108. The number of para-hydroxylation sites is 1. The number of benzene rings is 1. The molecule has 0 spiro atoms. The average Bonchev–Trinajstić information content (AvgIpc) is 3.17. The number of carbonyl (C=O) groups excluding carboxylic acids is 2. The van der Waals surface area contributed by atoms with E-state index in [1.807, 2.05) is 45.0 Å². The van der Waals surface area contributed by atoms with Crippen molar-refractivity contribution in [2.45, 2.75) is 32.4 Å². The fourth-order valence-electron chi connectivity index (χ4n) is 3.51. The molecule has 0 unspecified atom stereocenters. The highest BCUT2D eigenvalue weighted by Gasteiger charge is 2.24. The van der Waals surface area contributed by atoms with E-state index in [2.05, 4.69) is 10.4 Å². The molecule has 4 rings (SSSR count). The van der Waals surface area contributed by atoms with Gasteiger partial charge in [0.2, 0.25) is 5.91 Å². The molecule has 0 saturated carbocycles. The number of hydrogen-bond acceptors (Lipinski definition) is 5. The summed E-state index contributed by atoms with van der Waals surface area (Å²) >= 11 is 0. The Bertz CT molecular complexity index is 830. The van der Waals surface area contributed by atoms with Crippen LogP contribution in [-0.4, -0.2) is 57.8 Å². The Hall–Kier alpha value is -2.71. The van der Waals surface area contributed by atoms with Gasteiger partial charge < -0.3 is 10.2 Å². The molecule has 28 heavy (non-hydrogen) atoms. The standard InChI is InChI=1S/C20H25N5O3/c26-19(8-10-24-9-4-5-13-28-24)23-11-12-25-17(15-23)14-18(22-25)20(27)21-16-6-2-1-3-7-16/h1-3,6-7,14H,4-5,8-13,15H2,(H,21,27). The molecule has 148 valence electrons. The van der Waals surface area contributed by atoms with Gasteiger partial charge in [0, 0.05) is 31.7 Å². The predicted octanol–water partition coefficient (Wildman–Crippen LogP) is 1.90. The van der Waals surface area contributed by atoms with Crippen LogP contribution in [0.5, 0.6) is 0 Å². The van der Waals surface area contributed by atoms with Crippen molar-refractivity contribution in [1.29, 1.82) is 0 Å². The zero-order chi connectivity index (χ0) is 19.3. The van der Waals surface area contributed by atoms with Crippen LogP contribution in [0, 0.1) is 0 Å². The van der Waals surface area contributed by atoms with Gasteiger partial charge in [-0.15, -0.1) is 0 Å². The molecule has 0 atom stereocenters. The zero-order valence-corrected chi connectivity index (χ0v) is 15.8. The smallest absolute Gasteiger partial charge is 0.276 e. The third kappa shape index (κ3) is 4.40. The maximum absolute atomic E-state index is 12.6. The van der Waals surface area contributed by atoms with Gasteiger partial charge >= 0.3 is 0 Å². The van der Waals surface area contributed by atoms with Gasteiger partial charge in [0.05, 0.1) is 25.4 Å². The third-order valence-corrected chi connectivity index (χ3v) is 5.07. The van der Waals surface area contributed by atoms with Crippen LogP contribution in [-0.2, 0) is 22.7 Å². The van der Waals surface area contributed by atoms with E-state index in [9.17, 15) is 9.59 Å². The lowest BCUT2D eigenvalue weighted by molar-refractivity contribution is -0.182. The van der Waals surface area contributed by atoms with Crippen LogP contribution < -0.4 is 5.32 Å². The zero-order valence-electron chi connectivity index (χ0n) is 15.8. The van der Waals surface area contributed by atoms with Gasteiger partial charge in [-0.25, -0.2) is 0 Å². The first-order chi connectivity index (χ1) is 13.7. The lowest BCUT2D eigenvalue weighted by Crippen LogP contribution is -2.40. The average molecular weight is 383 g/mol. The van der Waals surface area contributed by atoms with Crippen molar-refractivity contribution >= 4 is 17.5 Å². The highest BCUT2D eigenvalue weighted by Crippen LogP contribution is 2.16. The molecule has 1 aromatic heterocycles. The Morgan fingerprint density at radius 2 is 1.96 bits per heavy atom. The molecular weight excluding hydrogens is 358 g/mol. The van der Waals surface area contributed by atoms with Crippen molar-refractivity contribution in [2.24, 2.45) is 0 Å². The van der Waals surface area contributed by atoms with Gasteiger partial charge in [0.25, 0.3) is 5.91 Å². The first kappa shape index (κ1) is 18.6. The molecular formula is C20H25N5O3. The molecule has 2 aliphatic rings. The number of hydroxylamine groups is 2. The maximum Gasteiger partial charge on any atom is 0.276 e. The van der Waals surface area contributed by atoms with Gasteiger partial charge in [-0.1, -0.05) is 18.2 Å². The van der Waals surface area contributed by atoms with E-state index >= 15 is 0 Å². The molecule has 2 amide bonds. The lowest BCUT2D eigenvalue weighted by atomic mass is 10.2. The van der Waals surface area contributed by atoms with E-state index < -0.39 is 0 Å². The van der Waals surface area contributed by atoms with Crippen LogP contribution in [0.1, 0.15) is 35.4 Å². The van der Waals surface area contributed by atoms with Crippen LogP contribution in [0.4, 0.5) is 5.69 Å². The molecule has 8 heteroatoms. The molecule has 8 nitrogen and oxygen atoms in total. The summed E-state index contributed by atoms with van der Waals surface area (Å²) < 4.78 is 1.82. The largest absolute Gasteiger partial charge is 0.335 e. The normalized spacial score (nSPS) is 17.2. The molecule has 2 aromatic rings. The number of aromatic nitrogens is 2. The van der Waals surface area contributed by atoms with Crippen LogP contribution in [0.25, 0.3) is 0 Å². The van der Waals surface area contributed by atoms with Crippen molar-refractivity contribution in [3.63, 3.8) is 0 Å². The summed E-state index contributed by atoms with van der Waals surface area (Å²) in [5.74, 6) is -0.134. The second-order valence-corrected chi connectivity index (χ2v) is 7.10. The molecule has 0 radical (unpaired) electrons. The summed E-state index contributed by atoms with van der Waals surface area (Å²) in [6.07, 6.45) is 2.64. The molecule has 1 fully saturated rings. The number of amides is 2. The van der Waals surface area contributed by atoms with E-state index in [0.29, 0.717) is 38.3 Å². The maximum atomic E-state index is 12.6. The van der Waals surface area contributed by atoms with E-state index in [-0.39, 0.29) is 11.8 Å². The van der Waals surface area contributed by atoms with E-state index in [0.717, 1.165) is 37.4 Å². The summed E-state index contributed by atoms with van der Waals surface area (Å²) in [6.45, 7) is 3.93. The van der Waals surface area contributed by atoms with Crippen LogP contribution >= 0.6 is 0 Å². The van der Waals surface area contributed by atoms with Crippen molar-refractivity contribution in [3.8, 4) is 0 Å². The quantitative estimate of drug-likeness (QED) is 0.853. The second kappa shape index (κ2) is 8.53. The topological polar surface area (TPSA) is 79.7 Å². The summed E-state index contributed by atoms with van der Waals surface area (Å²) in [6, 6.07) is 11.1. The highest BCUT2D eigenvalue weighted by atomic mass is 16.7. The fourth-order valence-corrected chi connectivity index (χ4v) is 3.51. The van der Waals surface area contributed by atoms with E-state index in [4.69, 9.17) is 4.84 Å². The number of rotatable bonds is 5. The molecule has 2 aliphatic heterocycles. The first-order valence-corrected chi connectivity index (χ1v) is 9.78. The Balaban J connectivity index is 1.33.